The average Bonchev–Trinajstić information content (AvgIpc) is 2.77. The smallest absolute Gasteiger partial charge is 0.267 e. The first-order valence-corrected chi connectivity index (χ1v) is 11.0. The second kappa shape index (κ2) is 9.04. The van der Waals surface area contributed by atoms with Crippen LogP contribution in [-0.2, 0) is 6.54 Å². The van der Waals surface area contributed by atoms with Gasteiger partial charge in [0.15, 0.2) is 0 Å². The fourth-order valence-corrected chi connectivity index (χ4v) is 3.76. The van der Waals surface area contributed by atoms with Gasteiger partial charge in [-0.1, -0.05) is 41.9 Å². The summed E-state index contributed by atoms with van der Waals surface area (Å²) in [6.45, 7) is -0.109. The lowest BCUT2D eigenvalue weighted by Crippen LogP contribution is -2.24. The first kappa shape index (κ1) is 21.3. The van der Waals surface area contributed by atoms with Gasteiger partial charge in [-0.3, -0.25) is 4.79 Å². The molecule has 4 aromatic rings. The van der Waals surface area contributed by atoms with E-state index in [-0.39, 0.29) is 12.1 Å². The van der Waals surface area contributed by atoms with Gasteiger partial charge in [0.2, 0.25) is 0 Å². The summed E-state index contributed by atoms with van der Waals surface area (Å²) in [5.74, 6) is -1.39. The summed E-state index contributed by atoms with van der Waals surface area (Å²) in [6, 6.07) is 19.7. The van der Waals surface area contributed by atoms with Gasteiger partial charge in [-0.05, 0) is 42.2 Å². The third-order valence-corrected chi connectivity index (χ3v) is 5.85. The highest BCUT2D eigenvalue weighted by Crippen LogP contribution is 2.31. The van der Waals surface area contributed by atoms with E-state index < -0.39 is 17.2 Å². The van der Waals surface area contributed by atoms with Crippen LogP contribution < -0.4 is 5.56 Å². The van der Waals surface area contributed by atoms with Crippen LogP contribution in [0.5, 0.6) is 0 Å². The topological polar surface area (TPSA) is 34.9 Å². The Balaban J connectivity index is 1.86. The summed E-state index contributed by atoms with van der Waals surface area (Å²) in [6.07, 6.45) is 1.99. The van der Waals surface area contributed by atoms with Crippen molar-refractivity contribution in [2.24, 2.45) is 0 Å². The molecule has 4 rings (SSSR count). The van der Waals surface area contributed by atoms with Crippen molar-refractivity contribution in [2.45, 2.75) is 11.4 Å². The normalized spacial score (nSPS) is 11.0. The maximum atomic E-state index is 14.2. The summed E-state index contributed by atoms with van der Waals surface area (Å²) in [7, 11) is 0. The molecule has 3 aromatic carbocycles. The van der Waals surface area contributed by atoms with Gasteiger partial charge in [-0.15, -0.1) is 11.8 Å². The Morgan fingerprint density at radius 2 is 1.61 bits per heavy atom. The number of halogens is 3. The third-order valence-electron chi connectivity index (χ3n) is 4.85. The van der Waals surface area contributed by atoms with Crippen molar-refractivity contribution in [3.05, 3.63) is 105 Å². The molecular weight excluding hydrogens is 438 g/mol. The maximum absolute atomic E-state index is 14.2. The Morgan fingerprint density at radius 1 is 0.935 bits per heavy atom. The minimum absolute atomic E-state index is 0.109. The maximum Gasteiger partial charge on any atom is 0.267 e. The van der Waals surface area contributed by atoms with Crippen LogP contribution in [0.15, 0.2) is 82.5 Å². The van der Waals surface area contributed by atoms with Crippen molar-refractivity contribution in [3.63, 3.8) is 0 Å². The number of nitrogens with zero attached hydrogens (tertiary/aromatic N) is 2. The third kappa shape index (κ3) is 4.70. The molecule has 156 valence electrons. The lowest BCUT2D eigenvalue weighted by molar-refractivity contribution is 0.552. The van der Waals surface area contributed by atoms with Crippen molar-refractivity contribution in [1.82, 2.24) is 9.78 Å². The molecule has 0 bridgehead atoms. The van der Waals surface area contributed by atoms with Crippen LogP contribution in [0, 0.1) is 11.6 Å². The molecule has 0 spiro atoms. The van der Waals surface area contributed by atoms with Gasteiger partial charge in [0, 0.05) is 38.7 Å². The Hall–Kier alpha value is -2.96. The van der Waals surface area contributed by atoms with Crippen LogP contribution in [0.1, 0.15) is 5.56 Å². The molecule has 0 radical (unpaired) electrons. The fourth-order valence-electron chi connectivity index (χ4n) is 3.23. The minimum atomic E-state index is -0.721. The van der Waals surface area contributed by atoms with Gasteiger partial charge in [0.05, 0.1) is 12.2 Å². The predicted octanol–water partition coefficient (Wildman–Crippen LogP) is 6.28. The zero-order valence-electron chi connectivity index (χ0n) is 16.5. The van der Waals surface area contributed by atoms with Crippen molar-refractivity contribution < 1.29 is 8.78 Å². The number of benzene rings is 3. The van der Waals surface area contributed by atoms with Gasteiger partial charge in [0.1, 0.15) is 11.6 Å². The Labute approximate surface area is 187 Å². The molecule has 7 heteroatoms. The number of thioether (sulfide) groups is 1. The Morgan fingerprint density at radius 3 is 2.26 bits per heavy atom. The largest absolute Gasteiger partial charge is 0.268 e. The summed E-state index contributed by atoms with van der Waals surface area (Å²) >= 11 is 7.64. The fraction of sp³-hybridized carbons (Fsp3) is 0.0833. The van der Waals surface area contributed by atoms with Crippen LogP contribution in [-0.4, -0.2) is 16.0 Å². The van der Waals surface area contributed by atoms with Gasteiger partial charge in [0.25, 0.3) is 5.56 Å². The second-order valence-electron chi connectivity index (χ2n) is 6.87. The van der Waals surface area contributed by atoms with E-state index in [1.807, 2.05) is 42.7 Å². The van der Waals surface area contributed by atoms with E-state index in [1.165, 1.54) is 16.8 Å². The lowest BCUT2D eigenvalue weighted by Gasteiger charge is -2.13. The molecule has 0 aliphatic heterocycles. The molecule has 0 N–H and O–H groups in total. The van der Waals surface area contributed by atoms with E-state index >= 15 is 0 Å². The van der Waals surface area contributed by atoms with Gasteiger partial charge in [-0.2, -0.15) is 5.10 Å². The minimum Gasteiger partial charge on any atom is -0.268 e. The van der Waals surface area contributed by atoms with Crippen LogP contribution in [0.3, 0.4) is 0 Å². The average molecular weight is 455 g/mol. The number of hydrogen-bond acceptors (Lipinski definition) is 3. The molecule has 1 aromatic heterocycles. The van der Waals surface area contributed by atoms with Gasteiger partial charge < -0.3 is 0 Å². The van der Waals surface area contributed by atoms with Crippen LogP contribution >= 0.6 is 23.4 Å². The summed E-state index contributed by atoms with van der Waals surface area (Å²) in [5, 5.41) is 5.15. The van der Waals surface area contributed by atoms with Gasteiger partial charge >= 0.3 is 0 Å². The molecule has 0 saturated heterocycles. The molecule has 0 amide bonds. The Bertz CT molecular complexity index is 1290. The monoisotopic (exact) mass is 454 g/mol. The van der Waals surface area contributed by atoms with Crippen LogP contribution in [0.25, 0.3) is 22.4 Å². The van der Waals surface area contributed by atoms with Crippen molar-refractivity contribution in [1.29, 1.82) is 0 Å². The first-order valence-electron chi connectivity index (χ1n) is 9.41. The molecule has 0 aliphatic carbocycles. The molecule has 31 heavy (non-hydrogen) atoms. The second-order valence-corrected chi connectivity index (χ2v) is 8.19. The molecule has 0 atom stereocenters. The number of hydrogen-bond donors (Lipinski definition) is 0. The zero-order valence-corrected chi connectivity index (χ0v) is 18.1. The molecule has 0 unspecified atom stereocenters. The summed E-state index contributed by atoms with van der Waals surface area (Å²) < 4.78 is 28.6. The molecule has 0 fully saturated rings. The van der Waals surface area contributed by atoms with Crippen LogP contribution in [0.4, 0.5) is 8.78 Å². The molecule has 3 nitrogen and oxygen atoms in total. The SMILES string of the molecule is CSc1ccc(-c2nn(Cc3ccc(F)cc3F)c(=O)cc2-c2ccc(Cl)cc2)cc1. The van der Waals surface area contributed by atoms with Crippen molar-refractivity contribution >= 4 is 23.4 Å². The van der Waals surface area contributed by atoms with E-state index in [0.29, 0.717) is 16.3 Å². The van der Waals surface area contributed by atoms with E-state index in [0.717, 1.165) is 28.2 Å². The number of aromatic nitrogens is 2. The standard InChI is InChI=1S/C24H17ClF2N2OS/c1-31-20-10-5-16(6-11-20)24-21(15-2-7-18(25)8-3-15)13-23(30)29(28-24)14-17-4-9-19(26)12-22(17)27/h2-13H,14H2,1H3. The van der Waals surface area contributed by atoms with Crippen LogP contribution in [0.2, 0.25) is 5.02 Å². The predicted molar refractivity (Wildman–Crippen MR) is 122 cm³/mol. The van der Waals surface area contributed by atoms with Crippen molar-refractivity contribution in [2.75, 3.05) is 6.26 Å². The van der Waals surface area contributed by atoms with E-state index in [4.69, 9.17) is 11.6 Å². The zero-order chi connectivity index (χ0) is 22.0. The van der Waals surface area contributed by atoms with E-state index in [2.05, 4.69) is 5.10 Å². The summed E-state index contributed by atoms with van der Waals surface area (Å²) in [5.41, 5.74) is 2.62. The molecular formula is C24H17ClF2N2OS. The first-order chi connectivity index (χ1) is 14.9. The summed E-state index contributed by atoms with van der Waals surface area (Å²) in [4.78, 5) is 13.9. The van der Waals surface area contributed by atoms with Crippen molar-refractivity contribution in [3.8, 4) is 22.4 Å². The quantitative estimate of drug-likeness (QED) is 0.333. The molecule has 1 heterocycles. The Kier molecular flexibility index (Phi) is 6.20. The lowest BCUT2D eigenvalue weighted by atomic mass is 10.00. The molecule has 0 saturated carbocycles. The highest BCUT2D eigenvalue weighted by atomic mass is 35.5. The van der Waals surface area contributed by atoms with Gasteiger partial charge in [-0.25, -0.2) is 13.5 Å². The molecule has 0 aliphatic rings. The highest BCUT2D eigenvalue weighted by molar-refractivity contribution is 7.98. The van der Waals surface area contributed by atoms with E-state index in [1.54, 1.807) is 23.9 Å². The van der Waals surface area contributed by atoms with E-state index in [9.17, 15) is 13.6 Å². The highest BCUT2D eigenvalue weighted by Gasteiger charge is 2.15. The number of rotatable bonds is 5.